The Labute approximate surface area is 122 Å². The number of piperidine rings is 1. The average Bonchev–Trinajstić information content (AvgIpc) is 2.81. The molecule has 2 aliphatic rings. The van der Waals surface area contributed by atoms with Crippen LogP contribution in [0.25, 0.3) is 0 Å². The lowest BCUT2D eigenvalue weighted by Crippen LogP contribution is -2.53. The van der Waals surface area contributed by atoms with Gasteiger partial charge < -0.3 is 25.8 Å². The molecule has 8 nitrogen and oxygen atoms in total. The average molecular weight is 299 g/mol. The number of carboxylic acids is 1. The predicted molar refractivity (Wildman–Crippen MR) is 72.4 cm³/mol. The van der Waals surface area contributed by atoms with E-state index in [1.807, 2.05) is 0 Å². The maximum absolute atomic E-state index is 12.3. The number of rotatable bonds is 3. The van der Waals surface area contributed by atoms with E-state index < -0.39 is 23.5 Å². The number of hydrogen-bond donors (Lipinski definition) is 3. The lowest BCUT2D eigenvalue weighted by atomic mass is 9.85. The third-order valence-electron chi connectivity index (χ3n) is 4.36. The molecule has 0 saturated carbocycles. The first-order valence-corrected chi connectivity index (χ1v) is 7.00. The number of primary amides is 1. The highest BCUT2D eigenvalue weighted by Gasteiger charge is 2.47. The Balaban J connectivity index is 1.98. The molecule has 8 heteroatoms. The largest absolute Gasteiger partial charge is 0.481 e. The molecule has 21 heavy (non-hydrogen) atoms. The number of carboxylic acid groups (broad SMARTS) is 1. The molecule has 0 aromatic carbocycles. The number of amides is 3. The number of likely N-dealkylation sites (tertiary alicyclic amines) is 1. The van der Waals surface area contributed by atoms with Gasteiger partial charge in [-0.15, -0.1) is 0 Å². The van der Waals surface area contributed by atoms with Gasteiger partial charge >= 0.3 is 12.0 Å². The monoisotopic (exact) mass is 299 g/mol. The smallest absolute Gasteiger partial charge is 0.314 e. The molecule has 2 rings (SSSR count). The highest BCUT2D eigenvalue weighted by Crippen LogP contribution is 2.29. The van der Waals surface area contributed by atoms with Crippen LogP contribution in [0.5, 0.6) is 0 Å². The lowest BCUT2D eigenvalue weighted by Gasteiger charge is -2.32. The molecule has 2 heterocycles. The molecule has 0 radical (unpaired) electrons. The van der Waals surface area contributed by atoms with E-state index in [1.165, 1.54) is 4.90 Å². The molecule has 0 aliphatic carbocycles. The third kappa shape index (κ3) is 3.10. The highest BCUT2D eigenvalue weighted by molar-refractivity contribution is 5.82. The molecule has 0 aromatic rings. The van der Waals surface area contributed by atoms with Crippen LogP contribution < -0.4 is 11.1 Å². The molecule has 3 amide bonds. The molecule has 0 spiro atoms. The minimum absolute atomic E-state index is 0.0748. The van der Waals surface area contributed by atoms with E-state index in [0.717, 1.165) is 0 Å². The van der Waals surface area contributed by atoms with Crippen molar-refractivity contribution in [3.05, 3.63) is 0 Å². The van der Waals surface area contributed by atoms with Crippen molar-refractivity contribution in [1.29, 1.82) is 0 Å². The number of nitrogens with zero attached hydrogens (tertiary/aromatic N) is 1. The minimum atomic E-state index is -1.12. The Kier molecular flexibility index (Phi) is 4.36. The van der Waals surface area contributed by atoms with Crippen molar-refractivity contribution >= 4 is 17.9 Å². The Morgan fingerprint density at radius 1 is 1.43 bits per heavy atom. The van der Waals surface area contributed by atoms with Crippen LogP contribution in [-0.4, -0.2) is 60.3 Å². The Hall–Kier alpha value is -1.83. The zero-order chi connectivity index (χ0) is 15.6. The molecule has 2 fully saturated rings. The second kappa shape index (κ2) is 5.88. The van der Waals surface area contributed by atoms with Gasteiger partial charge in [-0.1, -0.05) is 0 Å². The lowest BCUT2D eigenvalue weighted by molar-refractivity contribution is -0.149. The Morgan fingerprint density at radius 3 is 2.76 bits per heavy atom. The van der Waals surface area contributed by atoms with Gasteiger partial charge in [-0.2, -0.15) is 0 Å². The van der Waals surface area contributed by atoms with E-state index in [4.69, 9.17) is 10.5 Å². The van der Waals surface area contributed by atoms with Gasteiger partial charge in [-0.3, -0.25) is 9.59 Å². The van der Waals surface area contributed by atoms with Crippen molar-refractivity contribution < 1.29 is 24.2 Å². The van der Waals surface area contributed by atoms with E-state index in [-0.39, 0.29) is 31.6 Å². The van der Waals surface area contributed by atoms with Crippen LogP contribution in [0.3, 0.4) is 0 Å². The van der Waals surface area contributed by atoms with Crippen molar-refractivity contribution in [1.82, 2.24) is 10.2 Å². The molecular weight excluding hydrogens is 278 g/mol. The van der Waals surface area contributed by atoms with Crippen molar-refractivity contribution in [3.8, 4) is 0 Å². The minimum Gasteiger partial charge on any atom is -0.481 e. The summed E-state index contributed by atoms with van der Waals surface area (Å²) in [5.41, 5.74) is 4.12. The van der Waals surface area contributed by atoms with Crippen molar-refractivity contribution in [2.45, 2.75) is 25.8 Å². The number of carbonyl (C=O) groups is 3. The first-order chi connectivity index (χ1) is 9.84. The Morgan fingerprint density at radius 2 is 2.14 bits per heavy atom. The topological polar surface area (TPSA) is 122 Å². The van der Waals surface area contributed by atoms with Crippen molar-refractivity contribution in [2.75, 3.05) is 26.3 Å². The fourth-order valence-corrected chi connectivity index (χ4v) is 2.77. The summed E-state index contributed by atoms with van der Waals surface area (Å²) in [6.07, 6.45) is 1.37. The maximum Gasteiger partial charge on any atom is 0.314 e. The van der Waals surface area contributed by atoms with Crippen LogP contribution in [0.1, 0.15) is 19.8 Å². The molecule has 2 aliphatic heterocycles. The second-order valence-corrected chi connectivity index (χ2v) is 5.92. The zero-order valence-electron chi connectivity index (χ0n) is 12.0. The molecule has 4 N–H and O–H groups in total. The molecular formula is C13H21N3O5. The highest BCUT2D eigenvalue weighted by atomic mass is 16.5. The quantitative estimate of drug-likeness (QED) is 0.641. The van der Waals surface area contributed by atoms with E-state index in [9.17, 15) is 19.5 Å². The van der Waals surface area contributed by atoms with Crippen LogP contribution in [-0.2, 0) is 14.3 Å². The van der Waals surface area contributed by atoms with Gasteiger partial charge in [0.05, 0.1) is 25.2 Å². The summed E-state index contributed by atoms with van der Waals surface area (Å²) in [6.45, 7) is 2.65. The number of urea groups is 1. The van der Waals surface area contributed by atoms with E-state index in [1.54, 1.807) is 6.92 Å². The van der Waals surface area contributed by atoms with Crippen molar-refractivity contribution in [3.63, 3.8) is 0 Å². The van der Waals surface area contributed by atoms with Crippen molar-refractivity contribution in [2.24, 2.45) is 17.1 Å². The van der Waals surface area contributed by atoms with Crippen LogP contribution in [0.4, 0.5) is 4.79 Å². The number of nitrogens with two attached hydrogens (primary N) is 1. The van der Waals surface area contributed by atoms with Gasteiger partial charge in [-0.25, -0.2) is 4.79 Å². The fraction of sp³-hybridized carbons (Fsp3) is 0.769. The van der Waals surface area contributed by atoms with Gasteiger partial charge in [0.15, 0.2) is 0 Å². The fourth-order valence-electron chi connectivity index (χ4n) is 2.77. The van der Waals surface area contributed by atoms with Gasteiger partial charge in [0.1, 0.15) is 5.41 Å². The van der Waals surface area contributed by atoms with Gasteiger partial charge in [-0.05, 0) is 19.8 Å². The molecule has 118 valence electrons. The van der Waals surface area contributed by atoms with Gasteiger partial charge in [0.2, 0.25) is 5.91 Å². The predicted octanol–water partition coefficient (Wildman–Crippen LogP) is -0.617. The second-order valence-electron chi connectivity index (χ2n) is 5.92. The number of carbonyl (C=O) groups excluding carboxylic acids is 2. The summed E-state index contributed by atoms with van der Waals surface area (Å²) in [5.74, 6) is -1.60. The molecule has 3 unspecified atom stereocenters. The molecule has 0 aromatic heterocycles. The number of aliphatic carboxylic acids is 1. The van der Waals surface area contributed by atoms with Gasteiger partial charge in [0, 0.05) is 13.1 Å². The van der Waals surface area contributed by atoms with Crippen LogP contribution >= 0.6 is 0 Å². The molecule has 2 saturated heterocycles. The summed E-state index contributed by atoms with van der Waals surface area (Å²) in [6, 6.07) is -1.10. The number of hydrogen-bond acceptors (Lipinski definition) is 4. The SMILES string of the molecule is CC1(C(=O)O)COCC1NC(=O)C1CCCN(C(N)=O)C1. The van der Waals surface area contributed by atoms with Gasteiger partial charge in [0.25, 0.3) is 0 Å². The number of ether oxygens (including phenoxy) is 1. The normalized spacial score (nSPS) is 32.7. The van der Waals surface area contributed by atoms with Crippen LogP contribution in [0.15, 0.2) is 0 Å². The van der Waals surface area contributed by atoms with E-state index in [2.05, 4.69) is 5.32 Å². The maximum atomic E-state index is 12.3. The van der Waals surface area contributed by atoms with Crippen LogP contribution in [0, 0.1) is 11.3 Å². The molecule has 3 atom stereocenters. The number of nitrogens with one attached hydrogen (secondary N) is 1. The first-order valence-electron chi connectivity index (χ1n) is 7.00. The zero-order valence-corrected chi connectivity index (χ0v) is 12.0. The molecule has 0 bridgehead atoms. The summed E-state index contributed by atoms with van der Waals surface area (Å²) in [7, 11) is 0. The van der Waals surface area contributed by atoms with E-state index in [0.29, 0.717) is 19.4 Å². The first kappa shape index (κ1) is 15.6. The summed E-state index contributed by atoms with van der Waals surface area (Å²) >= 11 is 0. The van der Waals surface area contributed by atoms with E-state index >= 15 is 0 Å². The van der Waals surface area contributed by atoms with Crippen LogP contribution in [0.2, 0.25) is 0 Å². The summed E-state index contributed by atoms with van der Waals surface area (Å²) in [5, 5.41) is 12.0. The summed E-state index contributed by atoms with van der Waals surface area (Å²) < 4.78 is 5.20. The standard InChI is InChI=1S/C13H21N3O5/c1-13(11(18)19)7-21-6-9(13)15-10(17)8-3-2-4-16(5-8)12(14)20/h8-9H,2-7H2,1H3,(H2,14,20)(H,15,17)(H,18,19). The Bertz CT molecular complexity index is 455. The summed E-state index contributed by atoms with van der Waals surface area (Å²) in [4.78, 5) is 36.2. The third-order valence-corrected chi connectivity index (χ3v) is 4.36.